The number of carbonyl (C=O) groups is 2. The lowest BCUT2D eigenvalue weighted by atomic mass is 9.78. The first-order valence-electron chi connectivity index (χ1n) is 30.0. The molecule has 4 saturated heterocycles. The number of ether oxygens (including phenoxy) is 5. The van der Waals surface area contributed by atoms with E-state index in [2.05, 4.69) is 31.7 Å². The number of aromatic amines is 2. The second-order valence-corrected chi connectivity index (χ2v) is 25.1. The van der Waals surface area contributed by atoms with Gasteiger partial charge in [0.25, 0.3) is 11.8 Å². The SMILES string of the molecule is COc1cc2[nH]c(C(=O)N3C[C@@H](CCl)c4c3cc(O)c3ccccc43)cc2cc1OCCN1CCC2(CCN(C)C2)CC1.COc1cc2[nH]c(C(=O)N3C[C@@H](CCl)c4c3cc(O)c3ccccc43)cc2cc1OCCN1CCC2(CCOC2)CC1. The molecule has 0 unspecified atom stereocenters. The van der Waals surface area contributed by atoms with Gasteiger partial charge in [0.15, 0.2) is 23.0 Å². The minimum Gasteiger partial charge on any atom is -0.507 e. The maximum absolute atomic E-state index is 13.9. The number of alkyl halides is 2. The zero-order valence-electron chi connectivity index (χ0n) is 48.7. The van der Waals surface area contributed by atoms with E-state index in [1.165, 1.54) is 51.6 Å². The lowest BCUT2D eigenvalue weighted by Gasteiger charge is -2.39. The number of nitrogens with zero attached hydrogens (tertiary/aromatic N) is 5. The molecule has 8 aromatic rings. The number of anilines is 2. The minimum absolute atomic E-state index is 0.0273. The largest absolute Gasteiger partial charge is 0.507 e. The summed E-state index contributed by atoms with van der Waals surface area (Å²) in [5.74, 6) is 3.24. The zero-order valence-corrected chi connectivity index (χ0v) is 50.2. The topological polar surface area (TPSA) is 169 Å². The van der Waals surface area contributed by atoms with Gasteiger partial charge in [-0.25, -0.2) is 0 Å². The highest BCUT2D eigenvalue weighted by Crippen LogP contribution is 2.48. The molecular weight excluding hydrogens is 1120 g/mol. The molecule has 2 aromatic heterocycles. The predicted molar refractivity (Wildman–Crippen MR) is 336 cm³/mol. The molecule has 8 heterocycles. The molecule has 0 saturated carbocycles. The van der Waals surface area contributed by atoms with Crippen LogP contribution < -0.4 is 28.7 Å². The first-order chi connectivity index (χ1) is 41.4. The number of rotatable bonds is 14. The van der Waals surface area contributed by atoms with E-state index in [0.717, 1.165) is 107 Å². The van der Waals surface area contributed by atoms with Crippen molar-refractivity contribution < 1.29 is 43.5 Å². The summed E-state index contributed by atoms with van der Waals surface area (Å²) >= 11 is 12.8. The number of H-pyrrole nitrogens is 2. The van der Waals surface area contributed by atoms with Crippen LogP contribution in [0.15, 0.2) is 97.1 Å². The van der Waals surface area contributed by atoms with Crippen LogP contribution >= 0.6 is 23.2 Å². The molecule has 4 N–H and O–H groups in total. The van der Waals surface area contributed by atoms with Crippen LogP contribution in [0.25, 0.3) is 43.4 Å². The molecule has 446 valence electrons. The van der Waals surface area contributed by atoms with Gasteiger partial charge in [0.05, 0.1) is 32.2 Å². The number of benzene rings is 6. The molecule has 18 heteroatoms. The van der Waals surface area contributed by atoms with E-state index < -0.39 is 0 Å². The van der Waals surface area contributed by atoms with Crippen LogP contribution in [0.2, 0.25) is 0 Å². The zero-order chi connectivity index (χ0) is 58.6. The number of hydrogen-bond donors (Lipinski definition) is 4. The third kappa shape index (κ3) is 11.0. The Bertz CT molecular complexity index is 3800. The molecular formula is C67H75Cl2N7O9. The van der Waals surface area contributed by atoms with Gasteiger partial charge in [0, 0.05) is 120 Å². The third-order valence-electron chi connectivity index (χ3n) is 19.4. The molecule has 6 aromatic carbocycles. The molecule has 85 heavy (non-hydrogen) atoms. The molecule has 2 amide bonds. The van der Waals surface area contributed by atoms with Crippen LogP contribution in [-0.4, -0.2) is 172 Å². The second-order valence-electron chi connectivity index (χ2n) is 24.5. The Morgan fingerprint density at radius 2 is 1.04 bits per heavy atom. The van der Waals surface area contributed by atoms with E-state index in [0.29, 0.717) is 94.7 Å². The second kappa shape index (κ2) is 23.7. The average molecular weight is 1190 g/mol. The van der Waals surface area contributed by atoms with Crippen LogP contribution in [0.5, 0.6) is 34.5 Å². The van der Waals surface area contributed by atoms with Gasteiger partial charge < -0.3 is 58.6 Å². The summed E-state index contributed by atoms with van der Waals surface area (Å²) in [5.41, 5.74) is 6.82. The van der Waals surface area contributed by atoms with E-state index in [1.54, 1.807) is 36.2 Å². The van der Waals surface area contributed by atoms with Crippen molar-refractivity contribution in [2.24, 2.45) is 10.8 Å². The first kappa shape index (κ1) is 57.2. The monoisotopic (exact) mass is 1190 g/mol. The van der Waals surface area contributed by atoms with E-state index in [9.17, 15) is 19.8 Å². The number of phenolic OH excluding ortho intramolecular Hbond substituents is 2. The highest BCUT2D eigenvalue weighted by Gasteiger charge is 2.41. The third-order valence-corrected chi connectivity index (χ3v) is 20.1. The summed E-state index contributed by atoms with van der Waals surface area (Å²) in [7, 11) is 5.50. The molecule has 16 nitrogen and oxygen atoms in total. The highest BCUT2D eigenvalue weighted by atomic mass is 35.5. The summed E-state index contributed by atoms with van der Waals surface area (Å²) in [6.45, 7) is 12.4. The number of fused-ring (bicyclic) bond motifs is 8. The molecule has 4 fully saturated rings. The highest BCUT2D eigenvalue weighted by molar-refractivity contribution is 6.20. The van der Waals surface area contributed by atoms with Gasteiger partial charge in [-0.1, -0.05) is 48.5 Å². The Morgan fingerprint density at radius 3 is 1.45 bits per heavy atom. The van der Waals surface area contributed by atoms with Crippen molar-refractivity contribution in [3.63, 3.8) is 0 Å². The maximum atomic E-state index is 13.9. The lowest BCUT2D eigenvalue weighted by molar-refractivity contribution is 0.0735. The number of aromatic hydroxyl groups is 2. The number of carbonyl (C=O) groups excluding carboxylic acids is 2. The van der Waals surface area contributed by atoms with Crippen molar-refractivity contribution >= 4 is 89.7 Å². The minimum atomic E-state index is -0.174. The van der Waals surface area contributed by atoms with Crippen LogP contribution in [0.1, 0.15) is 82.5 Å². The van der Waals surface area contributed by atoms with Gasteiger partial charge in [-0.05, 0) is 135 Å². The number of likely N-dealkylation sites (tertiary alicyclic amines) is 3. The maximum Gasteiger partial charge on any atom is 0.274 e. The summed E-state index contributed by atoms with van der Waals surface area (Å²) in [4.78, 5) is 45.2. The quantitative estimate of drug-likeness (QED) is 0.0762. The van der Waals surface area contributed by atoms with Crippen molar-refractivity contribution in [1.29, 1.82) is 0 Å². The van der Waals surface area contributed by atoms with Crippen molar-refractivity contribution in [3.8, 4) is 34.5 Å². The summed E-state index contributed by atoms with van der Waals surface area (Å²) in [6, 6.07) is 30.2. The van der Waals surface area contributed by atoms with Crippen LogP contribution in [0, 0.1) is 10.8 Å². The van der Waals surface area contributed by atoms with Gasteiger partial charge in [0.1, 0.15) is 36.1 Å². The number of methoxy groups -OCH3 is 2. The van der Waals surface area contributed by atoms with Crippen molar-refractivity contribution in [3.05, 3.63) is 120 Å². The Balaban J connectivity index is 0.000000158. The van der Waals surface area contributed by atoms with Gasteiger partial charge >= 0.3 is 0 Å². The molecule has 0 aliphatic carbocycles. The Morgan fingerprint density at radius 1 is 0.588 bits per heavy atom. The number of hydrogen-bond acceptors (Lipinski definition) is 12. The van der Waals surface area contributed by atoms with Crippen molar-refractivity contribution in [2.75, 3.05) is 135 Å². The Labute approximate surface area is 505 Å². The van der Waals surface area contributed by atoms with Gasteiger partial charge in [0.2, 0.25) is 0 Å². The fourth-order valence-electron chi connectivity index (χ4n) is 14.5. The summed E-state index contributed by atoms with van der Waals surface area (Å²) in [6.07, 6.45) is 7.40. The van der Waals surface area contributed by atoms with E-state index in [4.69, 9.17) is 46.9 Å². The molecule has 6 aliphatic heterocycles. The van der Waals surface area contributed by atoms with E-state index in [-0.39, 0.29) is 35.1 Å². The number of nitrogens with one attached hydrogen (secondary N) is 2. The smallest absolute Gasteiger partial charge is 0.274 e. The standard InChI is InChI=1S/C34H39ClN4O4.C33H36ClN3O5/c1-37-10-7-34(21-37)8-11-38(12-9-34)13-14-43-31-16-22-15-27(36-26(22)17-30(31)42-2)33(41)39-20-23(19-35)32-25-6-4-3-5-24(25)29(40)18-28(32)39;1-40-29-16-25-21(15-30(29)42-13-11-36-9-6-33(7-10-36)8-12-41-20-33)14-26(35-25)32(39)37-19-22(18-34)31-24-5-3-2-4-23(24)28(38)17-27(31)37/h3-6,15-18,23,36,40H,7-14,19-21H2,1-2H3;2-5,14-17,22,35,38H,6-13,18-20H2,1H3/t23-;22-/m11/s1. The first-order valence-corrected chi connectivity index (χ1v) is 31.1. The normalized spacial score (nSPS) is 20.2. The predicted octanol–water partition coefficient (Wildman–Crippen LogP) is 11.7. The van der Waals surface area contributed by atoms with Crippen LogP contribution in [-0.2, 0) is 4.74 Å². The summed E-state index contributed by atoms with van der Waals surface area (Å²) < 4.78 is 29.4. The number of phenols is 2. The van der Waals surface area contributed by atoms with Crippen LogP contribution in [0.3, 0.4) is 0 Å². The van der Waals surface area contributed by atoms with Crippen molar-refractivity contribution in [1.82, 2.24) is 24.7 Å². The molecule has 6 aliphatic rings. The molecule has 2 atom stereocenters. The molecule has 0 radical (unpaired) electrons. The Hall–Kier alpha value is -6.92. The number of piperidine rings is 2. The number of halogens is 2. The number of amides is 2. The van der Waals surface area contributed by atoms with E-state index >= 15 is 0 Å². The number of aromatic nitrogens is 2. The summed E-state index contributed by atoms with van der Waals surface area (Å²) in [5, 5.41) is 26.6. The van der Waals surface area contributed by atoms with E-state index in [1.807, 2.05) is 84.9 Å². The van der Waals surface area contributed by atoms with Gasteiger partial charge in [-0.2, -0.15) is 0 Å². The van der Waals surface area contributed by atoms with Gasteiger partial charge in [-0.15, -0.1) is 23.2 Å². The Kier molecular flexibility index (Phi) is 16.0. The molecule has 0 bridgehead atoms. The fourth-order valence-corrected chi connectivity index (χ4v) is 15.0. The molecule has 2 spiro atoms. The lowest BCUT2D eigenvalue weighted by Crippen LogP contribution is -2.42. The van der Waals surface area contributed by atoms with Crippen molar-refractivity contribution in [2.45, 2.75) is 50.4 Å². The average Bonchev–Trinajstić information content (AvgIpc) is 2.39. The van der Waals surface area contributed by atoms with Crippen LogP contribution in [0.4, 0.5) is 11.4 Å². The van der Waals surface area contributed by atoms with Gasteiger partial charge in [-0.3, -0.25) is 19.4 Å². The molecule has 14 rings (SSSR count). The fraction of sp³-hybridized carbons (Fsp3) is 0.433.